The van der Waals surface area contributed by atoms with Crippen LogP contribution in [0.25, 0.3) is 0 Å². The Morgan fingerprint density at radius 3 is 2.83 bits per heavy atom. The third-order valence-corrected chi connectivity index (χ3v) is 2.29. The lowest BCUT2D eigenvalue weighted by atomic mass is 10.2. The number of hydrogen-bond donors (Lipinski definition) is 1. The highest BCUT2D eigenvalue weighted by atomic mass is 16.2. The summed E-state index contributed by atoms with van der Waals surface area (Å²) in [5.41, 5.74) is 0.818. The first-order valence-corrected chi connectivity index (χ1v) is 5.42. The molecule has 0 fully saturated rings. The highest BCUT2D eigenvalue weighted by Crippen LogP contribution is 1.97. The SMILES string of the molecule is CN(Cc1ncn[nH]1)C(=O)C#Cc1ccccc1. The molecule has 2 aromatic rings. The highest BCUT2D eigenvalue weighted by molar-refractivity contribution is 5.93. The molecule has 5 nitrogen and oxygen atoms in total. The molecule has 2 rings (SSSR count). The average Bonchev–Trinajstić information content (AvgIpc) is 2.90. The van der Waals surface area contributed by atoms with Crippen LogP contribution in [-0.2, 0) is 11.3 Å². The first-order valence-electron chi connectivity index (χ1n) is 5.42. The quantitative estimate of drug-likeness (QED) is 0.790. The standard InChI is InChI=1S/C13H12N4O/c1-17(9-12-14-10-15-16-12)13(18)8-7-11-5-3-2-4-6-11/h2-6,10H,9H2,1H3,(H,14,15,16). The molecule has 1 heterocycles. The molecule has 0 radical (unpaired) electrons. The summed E-state index contributed by atoms with van der Waals surface area (Å²) < 4.78 is 0. The van der Waals surface area contributed by atoms with Gasteiger partial charge < -0.3 is 4.90 Å². The second-order valence-corrected chi connectivity index (χ2v) is 3.71. The molecule has 0 bridgehead atoms. The molecule has 1 aromatic heterocycles. The molecule has 1 aromatic carbocycles. The zero-order valence-corrected chi connectivity index (χ0v) is 9.92. The number of aromatic nitrogens is 3. The van der Waals surface area contributed by atoms with Gasteiger partial charge >= 0.3 is 0 Å². The molecule has 0 unspecified atom stereocenters. The van der Waals surface area contributed by atoms with Gasteiger partial charge in [-0.3, -0.25) is 9.89 Å². The predicted molar refractivity (Wildman–Crippen MR) is 66.2 cm³/mol. The van der Waals surface area contributed by atoms with E-state index in [2.05, 4.69) is 27.0 Å². The number of nitrogens with zero attached hydrogens (tertiary/aromatic N) is 3. The molecular weight excluding hydrogens is 228 g/mol. The van der Waals surface area contributed by atoms with E-state index in [1.807, 2.05) is 30.3 Å². The lowest BCUT2D eigenvalue weighted by molar-refractivity contribution is -0.124. The van der Waals surface area contributed by atoms with Crippen LogP contribution in [0.5, 0.6) is 0 Å². The molecule has 0 atom stereocenters. The van der Waals surface area contributed by atoms with Crippen molar-refractivity contribution >= 4 is 5.91 Å². The van der Waals surface area contributed by atoms with E-state index >= 15 is 0 Å². The van der Waals surface area contributed by atoms with Crippen LogP contribution in [0.2, 0.25) is 0 Å². The summed E-state index contributed by atoms with van der Waals surface area (Å²) in [4.78, 5) is 17.2. The second kappa shape index (κ2) is 5.64. The maximum atomic E-state index is 11.7. The molecule has 5 heteroatoms. The molecule has 0 aliphatic carbocycles. The van der Waals surface area contributed by atoms with Crippen molar-refractivity contribution in [3.63, 3.8) is 0 Å². The normalized spacial score (nSPS) is 9.39. The lowest BCUT2D eigenvalue weighted by Crippen LogP contribution is -2.25. The Balaban J connectivity index is 1.98. The minimum Gasteiger partial charge on any atom is -0.327 e. The smallest absolute Gasteiger partial charge is 0.298 e. The van der Waals surface area contributed by atoms with Gasteiger partial charge in [0.15, 0.2) is 0 Å². The number of H-pyrrole nitrogens is 1. The first-order chi connectivity index (χ1) is 8.75. The maximum absolute atomic E-state index is 11.7. The molecule has 0 aliphatic heterocycles. The molecule has 0 aliphatic rings. The van der Waals surface area contributed by atoms with Gasteiger partial charge in [0.1, 0.15) is 12.2 Å². The van der Waals surface area contributed by atoms with Gasteiger partial charge in [-0.25, -0.2) is 4.98 Å². The number of amides is 1. The van der Waals surface area contributed by atoms with Crippen LogP contribution in [0.15, 0.2) is 36.7 Å². The molecule has 1 amide bonds. The van der Waals surface area contributed by atoms with Crippen LogP contribution < -0.4 is 0 Å². The Hall–Kier alpha value is -2.61. The van der Waals surface area contributed by atoms with Crippen molar-refractivity contribution in [3.05, 3.63) is 48.0 Å². The molecule has 0 saturated heterocycles. The Labute approximate surface area is 105 Å². The number of carbonyl (C=O) groups is 1. The van der Waals surface area contributed by atoms with E-state index in [1.54, 1.807) is 7.05 Å². The zero-order valence-electron chi connectivity index (χ0n) is 9.92. The van der Waals surface area contributed by atoms with Crippen molar-refractivity contribution in [1.82, 2.24) is 20.1 Å². The lowest BCUT2D eigenvalue weighted by Gasteiger charge is -2.10. The maximum Gasteiger partial charge on any atom is 0.298 e. The fourth-order valence-electron chi connectivity index (χ4n) is 1.35. The first kappa shape index (κ1) is 11.9. The summed E-state index contributed by atoms with van der Waals surface area (Å²) in [6, 6.07) is 9.38. The summed E-state index contributed by atoms with van der Waals surface area (Å²) in [5, 5.41) is 6.41. The third-order valence-electron chi connectivity index (χ3n) is 2.29. The topological polar surface area (TPSA) is 61.9 Å². The van der Waals surface area contributed by atoms with Gasteiger partial charge in [-0.2, -0.15) is 5.10 Å². The van der Waals surface area contributed by atoms with Crippen LogP contribution in [0.4, 0.5) is 0 Å². The average molecular weight is 240 g/mol. The van der Waals surface area contributed by atoms with E-state index in [-0.39, 0.29) is 5.91 Å². The van der Waals surface area contributed by atoms with Crippen LogP contribution in [-0.4, -0.2) is 33.0 Å². The van der Waals surface area contributed by atoms with E-state index in [9.17, 15) is 4.79 Å². The summed E-state index contributed by atoms with van der Waals surface area (Å²) in [6.45, 7) is 0.363. The monoisotopic (exact) mass is 240 g/mol. The Morgan fingerprint density at radius 2 is 2.17 bits per heavy atom. The van der Waals surface area contributed by atoms with Crippen LogP contribution >= 0.6 is 0 Å². The fraction of sp³-hybridized carbons (Fsp3) is 0.154. The zero-order chi connectivity index (χ0) is 12.8. The summed E-state index contributed by atoms with van der Waals surface area (Å²) in [6.07, 6.45) is 1.41. The van der Waals surface area contributed by atoms with Gasteiger partial charge in [-0.1, -0.05) is 24.1 Å². The van der Waals surface area contributed by atoms with E-state index in [0.717, 1.165) is 5.56 Å². The van der Waals surface area contributed by atoms with E-state index < -0.39 is 0 Å². The Bertz CT molecular complexity index is 566. The highest BCUT2D eigenvalue weighted by Gasteiger charge is 2.07. The number of nitrogens with one attached hydrogen (secondary N) is 1. The van der Waals surface area contributed by atoms with Crippen molar-refractivity contribution in [2.24, 2.45) is 0 Å². The molecule has 90 valence electrons. The van der Waals surface area contributed by atoms with Crippen LogP contribution in [0.1, 0.15) is 11.4 Å². The molecule has 18 heavy (non-hydrogen) atoms. The Kier molecular flexibility index (Phi) is 3.72. The summed E-state index contributed by atoms with van der Waals surface area (Å²) in [7, 11) is 1.67. The minimum absolute atomic E-state index is 0.254. The second-order valence-electron chi connectivity index (χ2n) is 3.71. The summed E-state index contributed by atoms with van der Waals surface area (Å²) in [5.74, 6) is 5.78. The van der Waals surface area contributed by atoms with E-state index in [4.69, 9.17) is 0 Å². The molecule has 1 N–H and O–H groups in total. The number of aromatic amines is 1. The predicted octanol–water partition coefficient (Wildman–Crippen LogP) is 0.815. The molecule has 0 saturated carbocycles. The fourth-order valence-corrected chi connectivity index (χ4v) is 1.35. The van der Waals surface area contributed by atoms with Gasteiger partial charge in [-0.15, -0.1) is 0 Å². The van der Waals surface area contributed by atoms with E-state index in [1.165, 1.54) is 11.2 Å². The number of benzene rings is 1. The number of rotatable bonds is 2. The number of hydrogen-bond acceptors (Lipinski definition) is 3. The third kappa shape index (κ3) is 3.19. The summed E-state index contributed by atoms with van der Waals surface area (Å²) >= 11 is 0. The van der Waals surface area contributed by atoms with Gasteiger partial charge in [0, 0.05) is 18.5 Å². The van der Waals surface area contributed by atoms with Crippen molar-refractivity contribution in [2.75, 3.05) is 7.05 Å². The van der Waals surface area contributed by atoms with Gasteiger partial charge in [-0.05, 0) is 12.1 Å². The van der Waals surface area contributed by atoms with Crippen molar-refractivity contribution in [2.45, 2.75) is 6.54 Å². The van der Waals surface area contributed by atoms with Crippen molar-refractivity contribution < 1.29 is 4.79 Å². The van der Waals surface area contributed by atoms with Crippen molar-refractivity contribution in [3.8, 4) is 11.8 Å². The van der Waals surface area contributed by atoms with Crippen LogP contribution in [0, 0.1) is 11.8 Å². The number of carbonyl (C=O) groups excluding carboxylic acids is 1. The Morgan fingerprint density at radius 1 is 1.39 bits per heavy atom. The minimum atomic E-state index is -0.254. The van der Waals surface area contributed by atoms with E-state index in [0.29, 0.717) is 12.4 Å². The molecular formula is C13H12N4O. The van der Waals surface area contributed by atoms with Gasteiger partial charge in [0.05, 0.1) is 6.54 Å². The van der Waals surface area contributed by atoms with Gasteiger partial charge in [0.25, 0.3) is 5.91 Å². The largest absolute Gasteiger partial charge is 0.327 e. The van der Waals surface area contributed by atoms with Crippen LogP contribution in [0.3, 0.4) is 0 Å². The van der Waals surface area contributed by atoms with Crippen molar-refractivity contribution in [1.29, 1.82) is 0 Å². The molecule has 0 spiro atoms. The van der Waals surface area contributed by atoms with Gasteiger partial charge in [0.2, 0.25) is 0 Å².